The third-order valence-electron chi connectivity index (χ3n) is 4.37. The zero-order chi connectivity index (χ0) is 23.8. The monoisotopic (exact) mass is 462 g/mol. The maximum absolute atomic E-state index is 12.3. The lowest BCUT2D eigenvalue weighted by atomic mass is 10.1. The minimum Gasteiger partial charge on any atom is -0.462 e. The first-order valence-electron chi connectivity index (χ1n) is 9.94. The first kappa shape index (κ1) is 23.4. The lowest BCUT2D eigenvalue weighted by Gasteiger charge is -2.10. The van der Waals surface area contributed by atoms with Crippen molar-refractivity contribution in [1.82, 2.24) is 16.2 Å². The van der Waals surface area contributed by atoms with Gasteiger partial charge in [0.2, 0.25) is 5.91 Å². The largest absolute Gasteiger partial charge is 0.462 e. The zero-order valence-electron chi connectivity index (χ0n) is 18.0. The highest BCUT2D eigenvalue weighted by Crippen LogP contribution is 2.12. The van der Waals surface area contributed by atoms with E-state index in [2.05, 4.69) is 21.5 Å². The number of furan rings is 1. The number of hydrazine groups is 1. The van der Waals surface area contributed by atoms with Crippen LogP contribution < -0.4 is 21.5 Å². The van der Waals surface area contributed by atoms with Gasteiger partial charge in [-0.3, -0.25) is 30.6 Å². The molecule has 0 aliphatic heterocycles. The van der Waals surface area contributed by atoms with E-state index in [0.29, 0.717) is 22.6 Å². The fraction of sp³-hybridized carbons (Fsp3) is 0.0833. The van der Waals surface area contributed by atoms with Gasteiger partial charge >= 0.3 is 0 Å². The Bertz CT molecular complexity index is 1220. The molecule has 3 rings (SSSR count). The summed E-state index contributed by atoms with van der Waals surface area (Å²) >= 11 is 4.99. The summed E-state index contributed by atoms with van der Waals surface area (Å²) < 4.78 is 5.33. The van der Waals surface area contributed by atoms with Crippen LogP contribution in [0.3, 0.4) is 0 Å². The number of hydrogen-bond acceptors (Lipinski definition) is 5. The Kier molecular flexibility index (Phi) is 7.72. The average Bonchev–Trinajstić information content (AvgIpc) is 3.21. The summed E-state index contributed by atoms with van der Waals surface area (Å²) in [7, 11) is 0. The third kappa shape index (κ3) is 7.15. The SMILES string of the molecule is Cc1cccc(C(=O)Nc2ccc(C(=O)NNC(=S)NC(=O)/C=C/c3ccc(C)o3)cc2)c1. The molecule has 8 nitrogen and oxygen atoms in total. The molecule has 2 aromatic carbocycles. The van der Waals surface area contributed by atoms with Crippen LogP contribution in [-0.2, 0) is 4.79 Å². The van der Waals surface area contributed by atoms with Crippen LogP contribution in [0.15, 0.2) is 71.2 Å². The van der Waals surface area contributed by atoms with Gasteiger partial charge < -0.3 is 9.73 Å². The van der Waals surface area contributed by atoms with Gasteiger partial charge in [-0.2, -0.15) is 0 Å². The van der Waals surface area contributed by atoms with E-state index in [0.717, 1.165) is 11.3 Å². The van der Waals surface area contributed by atoms with Gasteiger partial charge in [-0.25, -0.2) is 0 Å². The summed E-state index contributed by atoms with van der Waals surface area (Å²) in [6.45, 7) is 3.71. The molecule has 0 aliphatic rings. The van der Waals surface area contributed by atoms with E-state index in [9.17, 15) is 14.4 Å². The fourth-order valence-electron chi connectivity index (χ4n) is 2.77. The Morgan fingerprint density at radius 2 is 1.64 bits per heavy atom. The van der Waals surface area contributed by atoms with E-state index in [1.807, 2.05) is 19.1 Å². The van der Waals surface area contributed by atoms with Crippen LogP contribution in [0, 0.1) is 13.8 Å². The number of thiocarbonyl (C=S) groups is 1. The highest BCUT2D eigenvalue weighted by atomic mass is 32.1. The molecule has 0 bridgehead atoms. The zero-order valence-corrected chi connectivity index (χ0v) is 18.8. The molecule has 0 saturated heterocycles. The number of carbonyl (C=O) groups excluding carboxylic acids is 3. The van der Waals surface area contributed by atoms with E-state index in [1.165, 1.54) is 12.2 Å². The molecule has 0 aliphatic carbocycles. The molecule has 1 aromatic heterocycles. The first-order valence-corrected chi connectivity index (χ1v) is 10.3. The predicted molar refractivity (Wildman–Crippen MR) is 129 cm³/mol. The van der Waals surface area contributed by atoms with Crippen LogP contribution in [0.25, 0.3) is 6.08 Å². The number of hydrogen-bond donors (Lipinski definition) is 4. The number of nitrogens with one attached hydrogen (secondary N) is 4. The van der Waals surface area contributed by atoms with Gasteiger partial charge in [-0.1, -0.05) is 17.7 Å². The van der Waals surface area contributed by atoms with Gasteiger partial charge in [0.05, 0.1) is 0 Å². The molecular formula is C24H22N4O4S. The minimum atomic E-state index is -0.482. The fourth-order valence-corrected chi connectivity index (χ4v) is 2.92. The highest BCUT2D eigenvalue weighted by Gasteiger charge is 2.09. The topological polar surface area (TPSA) is 112 Å². The molecule has 3 amide bonds. The average molecular weight is 463 g/mol. The van der Waals surface area contributed by atoms with Gasteiger partial charge in [0, 0.05) is 22.9 Å². The summed E-state index contributed by atoms with van der Waals surface area (Å²) in [5.41, 5.74) is 7.27. The Morgan fingerprint density at radius 3 is 2.30 bits per heavy atom. The molecule has 0 radical (unpaired) electrons. The van der Waals surface area contributed by atoms with Gasteiger partial charge in [-0.15, -0.1) is 0 Å². The molecule has 0 unspecified atom stereocenters. The molecule has 1 heterocycles. The summed E-state index contributed by atoms with van der Waals surface area (Å²) in [5, 5.41) is 5.11. The molecule has 3 aromatic rings. The number of aryl methyl sites for hydroxylation is 2. The van der Waals surface area contributed by atoms with Crippen molar-refractivity contribution in [2.45, 2.75) is 13.8 Å². The first-order chi connectivity index (χ1) is 15.8. The Morgan fingerprint density at radius 1 is 0.879 bits per heavy atom. The highest BCUT2D eigenvalue weighted by molar-refractivity contribution is 7.80. The van der Waals surface area contributed by atoms with Crippen LogP contribution in [-0.4, -0.2) is 22.8 Å². The van der Waals surface area contributed by atoms with E-state index in [4.69, 9.17) is 16.6 Å². The summed E-state index contributed by atoms with van der Waals surface area (Å²) in [6, 6.07) is 17.1. The molecule has 0 fully saturated rings. The number of rotatable bonds is 5. The molecular weight excluding hydrogens is 440 g/mol. The second kappa shape index (κ2) is 10.9. The van der Waals surface area contributed by atoms with Gasteiger partial charge in [0.1, 0.15) is 11.5 Å². The summed E-state index contributed by atoms with van der Waals surface area (Å²) in [5.74, 6) is 0.0779. The quantitative estimate of drug-likeness (QED) is 0.262. The molecule has 0 spiro atoms. The predicted octanol–water partition coefficient (Wildman–Crippen LogP) is 3.50. The van der Waals surface area contributed by atoms with Crippen molar-refractivity contribution in [1.29, 1.82) is 0 Å². The molecule has 9 heteroatoms. The maximum atomic E-state index is 12.3. The second-order valence-electron chi connectivity index (χ2n) is 7.08. The van der Waals surface area contributed by atoms with Gasteiger partial charge in [0.25, 0.3) is 11.8 Å². The third-order valence-corrected chi connectivity index (χ3v) is 4.58. The number of anilines is 1. The van der Waals surface area contributed by atoms with Crippen molar-refractivity contribution in [3.63, 3.8) is 0 Å². The summed E-state index contributed by atoms with van der Waals surface area (Å²) in [6.07, 6.45) is 2.76. The van der Waals surface area contributed by atoms with Crippen LogP contribution in [0.5, 0.6) is 0 Å². The maximum Gasteiger partial charge on any atom is 0.269 e. The van der Waals surface area contributed by atoms with Crippen molar-refractivity contribution in [3.05, 3.63) is 95.0 Å². The van der Waals surface area contributed by atoms with Crippen LogP contribution >= 0.6 is 12.2 Å². The Balaban J connectivity index is 1.46. The molecule has 33 heavy (non-hydrogen) atoms. The van der Waals surface area contributed by atoms with E-state index < -0.39 is 11.8 Å². The van der Waals surface area contributed by atoms with Crippen molar-refractivity contribution >= 4 is 46.8 Å². The van der Waals surface area contributed by atoms with Gasteiger partial charge in [-0.05, 0) is 80.7 Å². The van der Waals surface area contributed by atoms with Crippen molar-refractivity contribution in [2.75, 3.05) is 5.32 Å². The van der Waals surface area contributed by atoms with E-state index in [1.54, 1.807) is 55.5 Å². The number of amides is 3. The second-order valence-corrected chi connectivity index (χ2v) is 7.49. The minimum absolute atomic E-state index is 0.0735. The molecule has 4 N–H and O–H groups in total. The lowest BCUT2D eigenvalue weighted by Crippen LogP contribution is -2.48. The van der Waals surface area contributed by atoms with Crippen LogP contribution in [0.2, 0.25) is 0 Å². The Hall–Kier alpha value is -4.24. The number of carbonyl (C=O) groups is 3. The lowest BCUT2D eigenvalue weighted by molar-refractivity contribution is -0.115. The molecule has 0 saturated carbocycles. The van der Waals surface area contributed by atoms with Crippen molar-refractivity contribution < 1.29 is 18.8 Å². The molecule has 168 valence electrons. The standard InChI is InChI=1S/C24H22N4O4S/c1-15-4-3-5-18(14-15)22(30)25-19-9-7-17(8-10-19)23(31)27-28-24(33)26-21(29)13-12-20-11-6-16(2)32-20/h3-14H,1-2H3,(H,25,30)(H,27,31)(H2,26,28,29,33)/b13-12+. The van der Waals surface area contributed by atoms with Crippen molar-refractivity contribution in [2.24, 2.45) is 0 Å². The van der Waals surface area contributed by atoms with Gasteiger partial charge in [0.15, 0.2) is 5.11 Å². The van der Waals surface area contributed by atoms with Crippen LogP contribution in [0.1, 0.15) is 37.8 Å². The summed E-state index contributed by atoms with van der Waals surface area (Å²) in [4.78, 5) is 36.5. The normalized spacial score (nSPS) is 10.5. The van der Waals surface area contributed by atoms with E-state index >= 15 is 0 Å². The van der Waals surface area contributed by atoms with Crippen LogP contribution in [0.4, 0.5) is 5.69 Å². The Labute approximate surface area is 196 Å². The molecule has 0 atom stereocenters. The number of benzene rings is 2. The smallest absolute Gasteiger partial charge is 0.269 e. The van der Waals surface area contributed by atoms with Crippen molar-refractivity contribution in [3.8, 4) is 0 Å². The van der Waals surface area contributed by atoms with E-state index in [-0.39, 0.29) is 11.0 Å².